The van der Waals surface area contributed by atoms with Crippen molar-refractivity contribution in [1.82, 2.24) is 5.32 Å². The van der Waals surface area contributed by atoms with Crippen LogP contribution >= 0.6 is 0 Å². The minimum Gasteiger partial charge on any atom is -0.396 e. The summed E-state index contributed by atoms with van der Waals surface area (Å²) in [6, 6.07) is 0. The summed E-state index contributed by atoms with van der Waals surface area (Å²) in [5, 5.41) is 12.4. The molecule has 0 radical (unpaired) electrons. The fraction of sp³-hybridized carbons (Fsp3) is 1.00. The van der Waals surface area contributed by atoms with Gasteiger partial charge in [-0.15, -0.1) is 0 Å². The lowest BCUT2D eigenvalue weighted by Crippen LogP contribution is -2.36. The first-order valence-corrected chi connectivity index (χ1v) is 5.70. The van der Waals surface area contributed by atoms with Gasteiger partial charge in [-0.1, -0.05) is 19.8 Å². The van der Waals surface area contributed by atoms with E-state index in [-0.39, 0.29) is 0 Å². The van der Waals surface area contributed by atoms with Gasteiger partial charge in [-0.2, -0.15) is 0 Å². The quantitative estimate of drug-likeness (QED) is 0.684. The number of unbranched alkanes of at least 4 members (excludes halogenated alkanes) is 1. The molecule has 0 saturated carbocycles. The summed E-state index contributed by atoms with van der Waals surface area (Å²) in [5.41, 5.74) is 0. The highest BCUT2D eigenvalue weighted by Gasteiger charge is 2.23. The largest absolute Gasteiger partial charge is 0.396 e. The van der Waals surface area contributed by atoms with Gasteiger partial charge in [0.2, 0.25) is 0 Å². The van der Waals surface area contributed by atoms with Crippen LogP contribution in [0.1, 0.15) is 39.0 Å². The van der Waals surface area contributed by atoms with Crippen LogP contribution in [0, 0.1) is 11.8 Å². The molecule has 1 aliphatic rings. The molecule has 0 aliphatic carbocycles. The fourth-order valence-corrected chi connectivity index (χ4v) is 2.33. The van der Waals surface area contributed by atoms with E-state index < -0.39 is 0 Å². The van der Waals surface area contributed by atoms with Crippen LogP contribution in [0.5, 0.6) is 0 Å². The molecule has 78 valence electrons. The van der Waals surface area contributed by atoms with E-state index in [0.717, 1.165) is 24.8 Å². The Balaban J connectivity index is 2.28. The third-order valence-corrected chi connectivity index (χ3v) is 3.19. The summed E-state index contributed by atoms with van der Waals surface area (Å²) >= 11 is 0. The molecule has 1 saturated heterocycles. The summed E-state index contributed by atoms with van der Waals surface area (Å²) in [6.45, 7) is 4.93. The van der Waals surface area contributed by atoms with Crippen molar-refractivity contribution in [2.45, 2.75) is 39.0 Å². The van der Waals surface area contributed by atoms with Crippen LogP contribution < -0.4 is 5.32 Å². The van der Waals surface area contributed by atoms with Crippen molar-refractivity contribution >= 4 is 0 Å². The maximum atomic E-state index is 8.94. The van der Waals surface area contributed by atoms with E-state index in [4.69, 9.17) is 5.11 Å². The highest BCUT2D eigenvalue weighted by molar-refractivity contribution is 4.77. The summed E-state index contributed by atoms with van der Waals surface area (Å²) in [5.74, 6) is 1.60. The SMILES string of the molecule is CCCCC1CNCCC1CCO. The predicted octanol–water partition coefficient (Wildman–Crippen LogP) is 1.78. The molecular formula is C11H23NO. The fourth-order valence-electron chi connectivity index (χ4n) is 2.33. The average Bonchev–Trinajstić information content (AvgIpc) is 2.17. The van der Waals surface area contributed by atoms with E-state index >= 15 is 0 Å². The van der Waals surface area contributed by atoms with E-state index in [2.05, 4.69) is 12.2 Å². The van der Waals surface area contributed by atoms with Crippen LogP contribution in [-0.2, 0) is 0 Å². The molecule has 2 unspecified atom stereocenters. The molecule has 13 heavy (non-hydrogen) atoms. The number of nitrogens with one attached hydrogen (secondary N) is 1. The first-order chi connectivity index (χ1) is 6.38. The Labute approximate surface area is 81.7 Å². The zero-order valence-electron chi connectivity index (χ0n) is 8.76. The van der Waals surface area contributed by atoms with Crippen LogP contribution in [0.4, 0.5) is 0 Å². The number of hydrogen-bond donors (Lipinski definition) is 2. The Bertz CT molecular complexity index is 125. The Kier molecular flexibility index (Phi) is 5.40. The smallest absolute Gasteiger partial charge is 0.0433 e. The molecule has 2 heteroatoms. The van der Waals surface area contributed by atoms with Gasteiger partial charge in [-0.05, 0) is 44.2 Å². The van der Waals surface area contributed by atoms with Crippen molar-refractivity contribution in [2.24, 2.45) is 11.8 Å². The number of aliphatic hydroxyl groups excluding tert-OH is 1. The van der Waals surface area contributed by atoms with E-state index in [1.54, 1.807) is 0 Å². The third-order valence-electron chi connectivity index (χ3n) is 3.19. The Morgan fingerprint density at radius 1 is 1.31 bits per heavy atom. The van der Waals surface area contributed by atoms with Crippen molar-refractivity contribution in [2.75, 3.05) is 19.7 Å². The second-order valence-corrected chi connectivity index (χ2v) is 4.17. The number of piperidine rings is 1. The van der Waals surface area contributed by atoms with Crippen LogP contribution in [0.2, 0.25) is 0 Å². The second kappa shape index (κ2) is 6.39. The van der Waals surface area contributed by atoms with Gasteiger partial charge in [-0.3, -0.25) is 0 Å². The van der Waals surface area contributed by atoms with Crippen LogP contribution in [-0.4, -0.2) is 24.8 Å². The molecule has 2 nitrogen and oxygen atoms in total. The van der Waals surface area contributed by atoms with Crippen LogP contribution in [0.3, 0.4) is 0 Å². The summed E-state index contributed by atoms with van der Waals surface area (Å²) < 4.78 is 0. The van der Waals surface area contributed by atoms with Crippen molar-refractivity contribution < 1.29 is 5.11 Å². The summed E-state index contributed by atoms with van der Waals surface area (Å²) in [6.07, 6.45) is 6.25. The second-order valence-electron chi connectivity index (χ2n) is 4.17. The number of aliphatic hydroxyl groups is 1. The molecule has 0 aromatic carbocycles. The molecule has 1 fully saturated rings. The van der Waals surface area contributed by atoms with Gasteiger partial charge >= 0.3 is 0 Å². The van der Waals surface area contributed by atoms with Crippen molar-refractivity contribution in [1.29, 1.82) is 0 Å². The lowest BCUT2D eigenvalue weighted by Gasteiger charge is -2.31. The van der Waals surface area contributed by atoms with Gasteiger partial charge in [0.15, 0.2) is 0 Å². The molecule has 0 aromatic heterocycles. The molecule has 1 heterocycles. The lowest BCUT2D eigenvalue weighted by atomic mass is 9.81. The maximum absolute atomic E-state index is 8.94. The Morgan fingerprint density at radius 2 is 2.15 bits per heavy atom. The van der Waals surface area contributed by atoms with Crippen molar-refractivity contribution in [3.8, 4) is 0 Å². The minimum atomic E-state index is 0.368. The van der Waals surface area contributed by atoms with Gasteiger partial charge in [0.25, 0.3) is 0 Å². The van der Waals surface area contributed by atoms with E-state index in [1.807, 2.05) is 0 Å². The predicted molar refractivity (Wildman–Crippen MR) is 55.7 cm³/mol. The summed E-state index contributed by atoms with van der Waals surface area (Å²) in [7, 11) is 0. The molecule has 0 amide bonds. The molecule has 0 bridgehead atoms. The number of rotatable bonds is 5. The van der Waals surface area contributed by atoms with Gasteiger partial charge in [0, 0.05) is 6.61 Å². The monoisotopic (exact) mass is 185 g/mol. The Hall–Kier alpha value is -0.0800. The minimum absolute atomic E-state index is 0.368. The Morgan fingerprint density at radius 3 is 2.85 bits per heavy atom. The average molecular weight is 185 g/mol. The van der Waals surface area contributed by atoms with Gasteiger partial charge in [0.05, 0.1) is 0 Å². The van der Waals surface area contributed by atoms with Crippen molar-refractivity contribution in [3.63, 3.8) is 0 Å². The van der Waals surface area contributed by atoms with Crippen molar-refractivity contribution in [3.05, 3.63) is 0 Å². The van der Waals surface area contributed by atoms with Crippen LogP contribution in [0.15, 0.2) is 0 Å². The zero-order valence-corrected chi connectivity index (χ0v) is 8.76. The standard InChI is InChI=1S/C11H23NO/c1-2-3-4-11-9-12-7-5-10(11)6-8-13/h10-13H,2-9H2,1H3. The van der Waals surface area contributed by atoms with E-state index in [0.29, 0.717) is 6.61 Å². The first-order valence-electron chi connectivity index (χ1n) is 5.70. The lowest BCUT2D eigenvalue weighted by molar-refractivity contribution is 0.177. The van der Waals surface area contributed by atoms with Gasteiger partial charge in [0.1, 0.15) is 0 Å². The van der Waals surface area contributed by atoms with E-state index in [1.165, 1.54) is 32.2 Å². The molecule has 1 aliphatic heterocycles. The summed E-state index contributed by atoms with van der Waals surface area (Å²) in [4.78, 5) is 0. The van der Waals surface area contributed by atoms with Gasteiger partial charge in [-0.25, -0.2) is 0 Å². The third kappa shape index (κ3) is 3.65. The highest BCUT2D eigenvalue weighted by Crippen LogP contribution is 2.26. The topological polar surface area (TPSA) is 32.3 Å². The first kappa shape index (κ1) is 11.0. The molecule has 0 spiro atoms. The normalized spacial score (nSPS) is 29.1. The molecular weight excluding hydrogens is 162 g/mol. The van der Waals surface area contributed by atoms with Crippen LogP contribution in [0.25, 0.3) is 0 Å². The molecule has 0 aromatic rings. The molecule has 2 N–H and O–H groups in total. The molecule has 2 atom stereocenters. The van der Waals surface area contributed by atoms with E-state index in [9.17, 15) is 0 Å². The molecule has 1 rings (SSSR count). The van der Waals surface area contributed by atoms with Gasteiger partial charge < -0.3 is 10.4 Å². The number of hydrogen-bond acceptors (Lipinski definition) is 2. The maximum Gasteiger partial charge on any atom is 0.0433 e. The zero-order chi connectivity index (χ0) is 9.52. The highest BCUT2D eigenvalue weighted by atomic mass is 16.3.